The van der Waals surface area contributed by atoms with Crippen molar-refractivity contribution in [3.63, 3.8) is 0 Å². The van der Waals surface area contributed by atoms with Crippen molar-refractivity contribution < 1.29 is 32.9 Å². The molecule has 5 rings (SSSR count). The molecule has 45 heavy (non-hydrogen) atoms. The number of rotatable bonds is 14. The Morgan fingerprint density at radius 2 is 1.51 bits per heavy atom. The number of aliphatic hydroxyl groups is 1. The molecule has 0 aromatic heterocycles. The van der Waals surface area contributed by atoms with E-state index in [1.165, 1.54) is 12.1 Å². The number of ether oxygens (including phenoxy) is 2. The number of carboxylic acids is 1. The van der Waals surface area contributed by atoms with E-state index in [2.05, 4.69) is 10.0 Å². The van der Waals surface area contributed by atoms with E-state index in [9.17, 15) is 18.3 Å². The second-order valence-electron chi connectivity index (χ2n) is 11.2. The van der Waals surface area contributed by atoms with Gasteiger partial charge in [0.2, 0.25) is 0 Å². The van der Waals surface area contributed by atoms with Gasteiger partial charge in [-0.2, -0.15) is 0 Å². The molecule has 4 aromatic rings. The number of carboxylic acid groups (broad SMARTS) is 1. The molecule has 0 aliphatic heterocycles. The molecule has 0 amide bonds. The highest BCUT2D eigenvalue weighted by Gasteiger charge is 2.23. The Hall–Kier alpha value is -4.38. The molecule has 0 spiro atoms. The van der Waals surface area contributed by atoms with Crippen molar-refractivity contribution >= 4 is 21.7 Å². The van der Waals surface area contributed by atoms with Crippen LogP contribution in [0.5, 0.6) is 11.5 Å². The second-order valence-corrected chi connectivity index (χ2v) is 12.9. The Morgan fingerprint density at radius 3 is 2.18 bits per heavy atom. The van der Waals surface area contributed by atoms with Gasteiger partial charge in [0, 0.05) is 18.7 Å². The molecule has 0 radical (unpaired) electrons. The number of nitrogens with one attached hydrogen (secondary N) is 2. The first-order chi connectivity index (χ1) is 21.8. The summed E-state index contributed by atoms with van der Waals surface area (Å²) in [6.07, 6.45) is 3.10. The fraction of sp³-hybridized carbons (Fsp3) is 0.286. The quantitative estimate of drug-likeness (QED) is 0.137. The van der Waals surface area contributed by atoms with Crippen LogP contribution in [0.2, 0.25) is 0 Å². The van der Waals surface area contributed by atoms with E-state index in [-0.39, 0.29) is 29.8 Å². The zero-order valence-electron chi connectivity index (χ0n) is 24.8. The van der Waals surface area contributed by atoms with Gasteiger partial charge in [0.15, 0.2) is 0 Å². The second kappa shape index (κ2) is 15.1. The zero-order chi connectivity index (χ0) is 31.6. The first-order valence-electron chi connectivity index (χ1n) is 15.0. The highest BCUT2D eigenvalue weighted by atomic mass is 32.2. The molecule has 0 bridgehead atoms. The van der Waals surface area contributed by atoms with Crippen LogP contribution in [-0.4, -0.2) is 49.9 Å². The first-order valence-corrected chi connectivity index (χ1v) is 16.5. The van der Waals surface area contributed by atoms with Crippen molar-refractivity contribution in [1.29, 1.82) is 0 Å². The van der Waals surface area contributed by atoms with Gasteiger partial charge in [0.1, 0.15) is 30.8 Å². The molecular formula is C35H38N2O7S. The van der Waals surface area contributed by atoms with Crippen LogP contribution in [0.25, 0.3) is 0 Å². The predicted octanol–water partition coefficient (Wildman–Crippen LogP) is 5.82. The van der Waals surface area contributed by atoms with Gasteiger partial charge >= 0.3 is 5.97 Å². The van der Waals surface area contributed by atoms with Crippen LogP contribution in [0.1, 0.15) is 53.1 Å². The number of carbonyl (C=O) groups is 1. The summed E-state index contributed by atoms with van der Waals surface area (Å²) in [4.78, 5) is 11.2. The fourth-order valence-electron chi connectivity index (χ4n) is 5.43. The van der Waals surface area contributed by atoms with Crippen LogP contribution in [0.3, 0.4) is 0 Å². The molecule has 10 heteroatoms. The topological polar surface area (TPSA) is 134 Å². The Morgan fingerprint density at radius 1 is 0.844 bits per heavy atom. The zero-order valence-corrected chi connectivity index (χ0v) is 25.7. The van der Waals surface area contributed by atoms with Gasteiger partial charge < -0.3 is 25.0 Å². The molecule has 0 heterocycles. The minimum atomic E-state index is -3.88. The van der Waals surface area contributed by atoms with Crippen molar-refractivity contribution in [2.24, 2.45) is 0 Å². The van der Waals surface area contributed by atoms with Crippen molar-refractivity contribution in [1.82, 2.24) is 5.32 Å². The highest BCUT2D eigenvalue weighted by molar-refractivity contribution is 7.92. The lowest BCUT2D eigenvalue weighted by molar-refractivity contribution is 0.0696. The van der Waals surface area contributed by atoms with Crippen LogP contribution < -0.4 is 19.5 Å². The first kappa shape index (κ1) is 32.0. The van der Waals surface area contributed by atoms with E-state index >= 15 is 0 Å². The summed E-state index contributed by atoms with van der Waals surface area (Å²) in [5.74, 6) is 0.213. The Balaban J connectivity index is 1.15. The summed E-state index contributed by atoms with van der Waals surface area (Å²) in [6.45, 7) is 0.631. The number of sulfonamides is 1. The Bertz CT molecular complexity index is 1640. The highest BCUT2D eigenvalue weighted by Crippen LogP contribution is 2.34. The normalized spacial score (nSPS) is 17.3. The fourth-order valence-corrected chi connectivity index (χ4v) is 6.51. The van der Waals surface area contributed by atoms with E-state index in [0.717, 1.165) is 36.8 Å². The summed E-state index contributed by atoms with van der Waals surface area (Å²) in [7, 11) is -3.88. The maximum absolute atomic E-state index is 13.1. The van der Waals surface area contributed by atoms with Crippen LogP contribution in [-0.2, 0) is 16.6 Å². The molecule has 1 fully saturated rings. The Kier molecular flexibility index (Phi) is 10.7. The Labute approximate surface area is 263 Å². The molecule has 0 unspecified atom stereocenters. The minimum Gasteiger partial charge on any atom is -0.491 e. The lowest BCUT2D eigenvalue weighted by Crippen LogP contribution is -2.39. The maximum Gasteiger partial charge on any atom is 0.335 e. The lowest BCUT2D eigenvalue weighted by atomic mass is 9.81. The molecule has 0 saturated heterocycles. The standard InChI is InChI=1S/C35H38N2O7S/c38-30(22-36-29-17-15-27(16-18-29)26-11-13-28(14-12-26)35(39)40)24-43-31-19-20-34(44-23-25-7-3-1-4-8-25)33(21-31)37-45(41,42)32-9-5-2-6-10-32/h1-14,19-21,27,29-30,36-38H,15-18,22-24H2,(H,39,40)/t27?,29?,30-/m0/s1. The third-order valence-electron chi connectivity index (χ3n) is 7.93. The molecule has 4 aromatic carbocycles. The molecule has 4 N–H and O–H groups in total. The largest absolute Gasteiger partial charge is 0.491 e. The summed E-state index contributed by atoms with van der Waals surface area (Å²) in [5, 5.41) is 23.2. The third-order valence-corrected chi connectivity index (χ3v) is 9.31. The summed E-state index contributed by atoms with van der Waals surface area (Å²) in [5.41, 5.74) is 2.62. The van der Waals surface area contributed by atoms with Crippen LogP contribution >= 0.6 is 0 Å². The van der Waals surface area contributed by atoms with Gasteiger partial charge in [-0.3, -0.25) is 4.72 Å². The molecule has 1 atom stereocenters. The molecule has 236 valence electrons. The monoisotopic (exact) mass is 630 g/mol. The van der Waals surface area contributed by atoms with Gasteiger partial charge in [-0.25, -0.2) is 13.2 Å². The van der Waals surface area contributed by atoms with Crippen LogP contribution in [0, 0.1) is 0 Å². The molecule has 1 saturated carbocycles. The number of hydrogen-bond acceptors (Lipinski definition) is 7. The van der Waals surface area contributed by atoms with Gasteiger partial charge in [0.25, 0.3) is 10.0 Å². The van der Waals surface area contributed by atoms with Crippen molar-refractivity contribution in [3.05, 3.63) is 120 Å². The van der Waals surface area contributed by atoms with E-state index in [1.54, 1.807) is 48.5 Å². The van der Waals surface area contributed by atoms with E-state index in [0.29, 0.717) is 29.5 Å². The molecule has 9 nitrogen and oxygen atoms in total. The number of aliphatic hydroxyl groups excluding tert-OH is 1. The number of benzene rings is 4. The van der Waals surface area contributed by atoms with Crippen molar-refractivity contribution in [2.75, 3.05) is 17.9 Å². The van der Waals surface area contributed by atoms with Crippen molar-refractivity contribution in [2.45, 2.75) is 55.2 Å². The molecule has 1 aliphatic carbocycles. The maximum atomic E-state index is 13.1. The number of aromatic carboxylic acids is 1. The number of hydrogen-bond donors (Lipinski definition) is 4. The minimum absolute atomic E-state index is 0.0212. The SMILES string of the molecule is O=C(O)c1ccc(C2CCC(NC[C@H](O)COc3ccc(OCc4ccccc4)c(NS(=O)(=O)c4ccccc4)c3)CC2)cc1. The van der Waals surface area contributed by atoms with Crippen LogP contribution in [0.15, 0.2) is 108 Å². The summed E-state index contributed by atoms with van der Waals surface area (Å²) < 4.78 is 40.7. The van der Waals surface area contributed by atoms with Gasteiger partial charge in [-0.1, -0.05) is 60.7 Å². The van der Waals surface area contributed by atoms with Gasteiger partial charge in [-0.05, 0) is 79.1 Å². The van der Waals surface area contributed by atoms with Gasteiger partial charge in [0.05, 0.1) is 16.1 Å². The summed E-state index contributed by atoms with van der Waals surface area (Å²) in [6, 6.07) is 30.0. The van der Waals surface area contributed by atoms with E-state index < -0.39 is 22.1 Å². The van der Waals surface area contributed by atoms with Gasteiger partial charge in [-0.15, -0.1) is 0 Å². The average Bonchev–Trinajstić information content (AvgIpc) is 3.07. The molecule has 1 aliphatic rings. The summed E-state index contributed by atoms with van der Waals surface area (Å²) >= 11 is 0. The molecular weight excluding hydrogens is 592 g/mol. The van der Waals surface area contributed by atoms with E-state index in [1.807, 2.05) is 42.5 Å². The van der Waals surface area contributed by atoms with Crippen LogP contribution in [0.4, 0.5) is 5.69 Å². The van der Waals surface area contributed by atoms with Crippen molar-refractivity contribution in [3.8, 4) is 11.5 Å². The number of anilines is 1. The van der Waals surface area contributed by atoms with E-state index in [4.69, 9.17) is 14.6 Å². The average molecular weight is 631 g/mol. The smallest absolute Gasteiger partial charge is 0.335 e. The predicted molar refractivity (Wildman–Crippen MR) is 172 cm³/mol. The lowest BCUT2D eigenvalue weighted by Gasteiger charge is -2.30. The third kappa shape index (κ3) is 9.07.